The van der Waals surface area contributed by atoms with Crippen LogP contribution in [0, 0.1) is 11.8 Å². The first-order valence-corrected chi connectivity index (χ1v) is 6.75. The molecule has 1 N–H and O–H groups in total. The van der Waals surface area contributed by atoms with Crippen molar-refractivity contribution in [2.45, 2.75) is 53.1 Å². The molecule has 1 unspecified atom stereocenters. The van der Waals surface area contributed by atoms with Crippen LogP contribution in [0.3, 0.4) is 0 Å². The van der Waals surface area contributed by atoms with E-state index in [4.69, 9.17) is 14.6 Å². The van der Waals surface area contributed by atoms with E-state index in [1.165, 1.54) is 6.42 Å². The molecule has 0 amide bonds. The van der Waals surface area contributed by atoms with Gasteiger partial charge in [0.05, 0.1) is 32.0 Å². The lowest BCUT2D eigenvalue weighted by Crippen LogP contribution is -2.36. The summed E-state index contributed by atoms with van der Waals surface area (Å²) in [6, 6.07) is 0. The van der Waals surface area contributed by atoms with Crippen molar-refractivity contribution in [1.29, 1.82) is 0 Å². The highest BCUT2D eigenvalue weighted by Gasteiger charge is 2.28. The monoisotopic (exact) mass is 246 g/mol. The van der Waals surface area contributed by atoms with Crippen molar-refractivity contribution < 1.29 is 14.6 Å². The first-order valence-electron chi connectivity index (χ1n) is 6.75. The summed E-state index contributed by atoms with van der Waals surface area (Å²) >= 11 is 0. The zero-order valence-electron chi connectivity index (χ0n) is 12.2. The van der Waals surface area contributed by atoms with Gasteiger partial charge >= 0.3 is 0 Å². The molecule has 0 heterocycles. The van der Waals surface area contributed by atoms with Gasteiger partial charge in [0.1, 0.15) is 0 Å². The number of rotatable bonds is 10. The van der Waals surface area contributed by atoms with Crippen LogP contribution < -0.4 is 0 Å². The first kappa shape index (κ1) is 16.9. The van der Waals surface area contributed by atoms with E-state index in [9.17, 15) is 0 Å². The van der Waals surface area contributed by atoms with Crippen LogP contribution in [-0.2, 0) is 9.47 Å². The van der Waals surface area contributed by atoms with Crippen LogP contribution in [0.5, 0.6) is 0 Å². The number of ether oxygens (including phenoxy) is 2. The number of aliphatic hydroxyl groups is 1. The minimum absolute atomic E-state index is 0.0627. The molecule has 0 saturated heterocycles. The molecule has 17 heavy (non-hydrogen) atoms. The molecule has 1 atom stereocenters. The normalized spacial score (nSPS) is 15.5. The largest absolute Gasteiger partial charge is 0.394 e. The minimum atomic E-state index is -0.0627. The molecule has 3 nitrogen and oxygen atoms in total. The SMILES string of the molecule is CC(C)CCC(C)(OCCOCCO)C(C)C. The predicted octanol–water partition coefficient (Wildman–Crippen LogP) is 2.86. The Morgan fingerprint density at radius 1 is 1.06 bits per heavy atom. The topological polar surface area (TPSA) is 38.7 Å². The van der Waals surface area contributed by atoms with Crippen LogP contribution in [0.15, 0.2) is 0 Å². The molecule has 0 rings (SSSR count). The van der Waals surface area contributed by atoms with E-state index in [-0.39, 0.29) is 12.2 Å². The van der Waals surface area contributed by atoms with E-state index >= 15 is 0 Å². The van der Waals surface area contributed by atoms with Crippen molar-refractivity contribution in [2.24, 2.45) is 11.8 Å². The van der Waals surface area contributed by atoms with Gasteiger partial charge < -0.3 is 14.6 Å². The van der Waals surface area contributed by atoms with Crippen molar-refractivity contribution in [3.05, 3.63) is 0 Å². The molecular weight excluding hydrogens is 216 g/mol. The maximum atomic E-state index is 8.59. The van der Waals surface area contributed by atoms with Gasteiger partial charge in [-0.25, -0.2) is 0 Å². The summed E-state index contributed by atoms with van der Waals surface area (Å²) in [7, 11) is 0. The zero-order chi connectivity index (χ0) is 13.3. The van der Waals surface area contributed by atoms with Gasteiger partial charge in [-0.3, -0.25) is 0 Å². The highest BCUT2D eigenvalue weighted by Crippen LogP contribution is 2.28. The Balaban J connectivity index is 3.95. The molecule has 0 aromatic rings. The molecule has 0 saturated carbocycles. The van der Waals surface area contributed by atoms with Crippen LogP contribution in [0.1, 0.15) is 47.5 Å². The first-order chi connectivity index (χ1) is 7.92. The number of aliphatic hydroxyl groups excluding tert-OH is 1. The van der Waals surface area contributed by atoms with Crippen molar-refractivity contribution in [2.75, 3.05) is 26.4 Å². The summed E-state index contributed by atoms with van der Waals surface area (Å²) in [5, 5.41) is 8.59. The summed E-state index contributed by atoms with van der Waals surface area (Å²) in [6.45, 7) is 12.7. The second-order valence-corrected chi connectivity index (χ2v) is 5.58. The summed E-state index contributed by atoms with van der Waals surface area (Å²) in [6.07, 6.45) is 2.27. The molecule has 3 heteroatoms. The fourth-order valence-corrected chi connectivity index (χ4v) is 1.60. The Morgan fingerprint density at radius 2 is 1.71 bits per heavy atom. The molecule has 0 aliphatic carbocycles. The van der Waals surface area contributed by atoms with Crippen LogP contribution in [0.4, 0.5) is 0 Å². The maximum absolute atomic E-state index is 8.59. The van der Waals surface area contributed by atoms with Gasteiger partial charge in [-0.1, -0.05) is 27.7 Å². The smallest absolute Gasteiger partial charge is 0.0708 e. The Kier molecular flexibility index (Phi) is 8.83. The van der Waals surface area contributed by atoms with Crippen molar-refractivity contribution >= 4 is 0 Å². The molecule has 0 aliphatic rings. The van der Waals surface area contributed by atoms with E-state index in [0.29, 0.717) is 31.7 Å². The highest BCUT2D eigenvalue weighted by molar-refractivity contribution is 4.79. The van der Waals surface area contributed by atoms with Crippen LogP contribution in [0.25, 0.3) is 0 Å². The lowest BCUT2D eigenvalue weighted by molar-refractivity contribution is -0.0916. The summed E-state index contributed by atoms with van der Waals surface area (Å²) < 4.78 is 11.2. The Hall–Kier alpha value is -0.120. The van der Waals surface area contributed by atoms with Gasteiger partial charge in [-0.2, -0.15) is 0 Å². The second-order valence-electron chi connectivity index (χ2n) is 5.58. The molecule has 0 radical (unpaired) electrons. The quantitative estimate of drug-likeness (QED) is 0.602. The average molecular weight is 246 g/mol. The molecule has 0 aliphatic heterocycles. The number of hydrogen-bond donors (Lipinski definition) is 1. The molecule has 104 valence electrons. The number of hydrogen-bond acceptors (Lipinski definition) is 3. The summed E-state index contributed by atoms with van der Waals surface area (Å²) in [5.41, 5.74) is -0.0627. The van der Waals surface area contributed by atoms with E-state index in [0.717, 1.165) is 6.42 Å². The maximum Gasteiger partial charge on any atom is 0.0708 e. The molecule has 0 fully saturated rings. The third-order valence-electron chi connectivity index (χ3n) is 3.33. The third-order valence-corrected chi connectivity index (χ3v) is 3.33. The van der Waals surface area contributed by atoms with Gasteiger partial charge in [0.25, 0.3) is 0 Å². The van der Waals surface area contributed by atoms with Crippen molar-refractivity contribution in [3.8, 4) is 0 Å². The van der Waals surface area contributed by atoms with Crippen LogP contribution >= 0.6 is 0 Å². The van der Waals surface area contributed by atoms with Crippen LogP contribution in [-0.4, -0.2) is 37.1 Å². The van der Waals surface area contributed by atoms with Gasteiger partial charge in [-0.15, -0.1) is 0 Å². The van der Waals surface area contributed by atoms with Gasteiger partial charge in [0.15, 0.2) is 0 Å². The molecular formula is C14H30O3. The molecule has 0 bridgehead atoms. The van der Waals surface area contributed by atoms with E-state index in [1.54, 1.807) is 0 Å². The van der Waals surface area contributed by atoms with Gasteiger partial charge in [0, 0.05) is 0 Å². The summed E-state index contributed by atoms with van der Waals surface area (Å²) in [4.78, 5) is 0. The highest BCUT2D eigenvalue weighted by atomic mass is 16.5. The molecule has 0 aromatic carbocycles. The van der Waals surface area contributed by atoms with E-state index in [1.807, 2.05) is 0 Å². The minimum Gasteiger partial charge on any atom is -0.394 e. The standard InChI is InChI=1S/C14H30O3/c1-12(2)6-7-14(5,13(3)4)17-11-10-16-9-8-15/h12-13,15H,6-11H2,1-5H3. The van der Waals surface area contributed by atoms with E-state index in [2.05, 4.69) is 34.6 Å². The zero-order valence-corrected chi connectivity index (χ0v) is 12.2. The average Bonchev–Trinajstić information content (AvgIpc) is 2.26. The summed E-state index contributed by atoms with van der Waals surface area (Å²) in [5.74, 6) is 1.21. The van der Waals surface area contributed by atoms with E-state index < -0.39 is 0 Å². The Morgan fingerprint density at radius 3 is 2.18 bits per heavy atom. The molecule has 0 aromatic heterocycles. The van der Waals surface area contributed by atoms with Crippen molar-refractivity contribution in [1.82, 2.24) is 0 Å². The van der Waals surface area contributed by atoms with Gasteiger partial charge in [-0.05, 0) is 31.6 Å². The lowest BCUT2D eigenvalue weighted by atomic mass is 9.85. The molecule has 0 spiro atoms. The fourth-order valence-electron chi connectivity index (χ4n) is 1.60. The van der Waals surface area contributed by atoms with Crippen molar-refractivity contribution in [3.63, 3.8) is 0 Å². The fraction of sp³-hybridized carbons (Fsp3) is 1.00. The van der Waals surface area contributed by atoms with Gasteiger partial charge in [0.2, 0.25) is 0 Å². The Labute approximate surface area is 107 Å². The van der Waals surface area contributed by atoms with Crippen LogP contribution in [0.2, 0.25) is 0 Å². The lowest BCUT2D eigenvalue weighted by Gasteiger charge is -2.34. The Bertz CT molecular complexity index is 180. The third kappa shape index (κ3) is 7.74. The predicted molar refractivity (Wildman–Crippen MR) is 71.2 cm³/mol. The second kappa shape index (κ2) is 8.90.